The van der Waals surface area contributed by atoms with Gasteiger partial charge in [0.25, 0.3) is 0 Å². The summed E-state index contributed by atoms with van der Waals surface area (Å²) in [5.74, 6) is 0.0676. The Morgan fingerprint density at radius 2 is 1.94 bits per heavy atom. The second kappa shape index (κ2) is 5.05. The van der Waals surface area contributed by atoms with E-state index in [1.807, 2.05) is 0 Å². The van der Waals surface area contributed by atoms with E-state index in [1.54, 1.807) is 12.1 Å². The number of hydrogen-bond acceptors (Lipinski definition) is 4. The van der Waals surface area contributed by atoms with Crippen LogP contribution in [0.5, 0.6) is 0 Å². The Morgan fingerprint density at radius 3 is 2.39 bits per heavy atom. The maximum absolute atomic E-state index is 11.6. The molecule has 7 heteroatoms. The number of amides is 1. The molecule has 0 radical (unpaired) electrons. The Balaban J connectivity index is 1.92. The number of carbonyl (C=O) groups excluding carboxylic acids is 1. The SMILES string of the molecule is NS(=O)(=O)c1ccc(CNC(=O)C2CNC2)cc1. The van der Waals surface area contributed by atoms with Gasteiger partial charge in [-0.1, -0.05) is 12.1 Å². The minimum absolute atomic E-state index is 0.0178. The van der Waals surface area contributed by atoms with Crippen LogP contribution in [0.2, 0.25) is 0 Å². The summed E-state index contributed by atoms with van der Waals surface area (Å²) in [6.45, 7) is 1.83. The first-order chi connectivity index (χ1) is 8.47. The highest BCUT2D eigenvalue weighted by Crippen LogP contribution is 2.09. The average Bonchev–Trinajstić information content (AvgIpc) is 2.23. The third kappa shape index (κ3) is 3.06. The maximum Gasteiger partial charge on any atom is 0.238 e. The van der Waals surface area contributed by atoms with Gasteiger partial charge in [0.05, 0.1) is 10.8 Å². The average molecular weight is 269 g/mol. The van der Waals surface area contributed by atoms with Crippen LogP contribution < -0.4 is 15.8 Å². The monoisotopic (exact) mass is 269 g/mol. The summed E-state index contributed by atoms with van der Waals surface area (Å²) in [6.07, 6.45) is 0. The lowest BCUT2D eigenvalue weighted by atomic mass is 10.0. The van der Waals surface area contributed by atoms with E-state index in [9.17, 15) is 13.2 Å². The molecule has 1 amide bonds. The predicted molar refractivity (Wildman–Crippen MR) is 66.0 cm³/mol. The van der Waals surface area contributed by atoms with Crippen LogP contribution in [-0.4, -0.2) is 27.4 Å². The molecule has 1 aliphatic heterocycles. The summed E-state index contributed by atoms with van der Waals surface area (Å²) in [5, 5.41) is 10.8. The van der Waals surface area contributed by atoms with Crippen LogP contribution in [-0.2, 0) is 21.4 Å². The van der Waals surface area contributed by atoms with Gasteiger partial charge in [-0.25, -0.2) is 13.6 Å². The van der Waals surface area contributed by atoms with E-state index in [1.165, 1.54) is 12.1 Å². The van der Waals surface area contributed by atoms with Crippen LogP contribution in [0.3, 0.4) is 0 Å². The van der Waals surface area contributed by atoms with Gasteiger partial charge in [-0.15, -0.1) is 0 Å². The summed E-state index contributed by atoms with van der Waals surface area (Å²) in [5.41, 5.74) is 0.836. The van der Waals surface area contributed by atoms with Gasteiger partial charge in [-0.3, -0.25) is 4.79 Å². The summed E-state index contributed by atoms with van der Waals surface area (Å²) >= 11 is 0. The smallest absolute Gasteiger partial charge is 0.238 e. The summed E-state index contributed by atoms with van der Waals surface area (Å²) < 4.78 is 22.1. The fourth-order valence-corrected chi connectivity index (χ4v) is 2.12. The van der Waals surface area contributed by atoms with Crippen molar-refractivity contribution in [2.45, 2.75) is 11.4 Å². The molecule has 18 heavy (non-hydrogen) atoms. The van der Waals surface area contributed by atoms with E-state index in [2.05, 4.69) is 10.6 Å². The molecule has 4 N–H and O–H groups in total. The van der Waals surface area contributed by atoms with Crippen LogP contribution in [0.4, 0.5) is 0 Å². The molecule has 1 heterocycles. The zero-order chi connectivity index (χ0) is 13.2. The number of primary sulfonamides is 1. The van der Waals surface area contributed by atoms with E-state index < -0.39 is 10.0 Å². The molecule has 98 valence electrons. The standard InChI is InChI=1S/C11H15N3O3S/c12-18(16,17)10-3-1-8(2-4-10)5-14-11(15)9-6-13-7-9/h1-4,9,13H,5-7H2,(H,14,15)(H2,12,16,17). The zero-order valence-electron chi connectivity index (χ0n) is 9.72. The minimum atomic E-state index is -3.65. The lowest BCUT2D eigenvalue weighted by molar-refractivity contribution is -0.126. The summed E-state index contributed by atoms with van der Waals surface area (Å²) in [4.78, 5) is 11.6. The molecule has 6 nitrogen and oxygen atoms in total. The first kappa shape index (κ1) is 13.0. The van der Waals surface area contributed by atoms with Crippen LogP contribution >= 0.6 is 0 Å². The highest BCUT2D eigenvalue weighted by Gasteiger charge is 2.24. The fourth-order valence-electron chi connectivity index (χ4n) is 1.60. The van der Waals surface area contributed by atoms with Gasteiger partial charge in [-0.2, -0.15) is 0 Å². The van der Waals surface area contributed by atoms with Crippen LogP contribution in [0.25, 0.3) is 0 Å². The first-order valence-electron chi connectivity index (χ1n) is 5.57. The van der Waals surface area contributed by atoms with Gasteiger partial charge in [-0.05, 0) is 17.7 Å². The second-order valence-electron chi connectivity index (χ2n) is 4.26. The van der Waals surface area contributed by atoms with E-state index in [-0.39, 0.29) is 16.7 Å². The fraction of sp³-hybridized carbons (Fsp3) is 0.364. The van der Waals surface area contributed by atoms with Crippen LogP contribution in [0, 0.1) is 5.92 Å². The van der Waals surface area contributed by atoms with Crippen molar-refractivity contribution in [3.8, 4) is 0 Å². The van der Waals surface area contributed by atoms with Crippen molar-refractivity contribution in [3.63, 3.8) is 0 Å². The molecule has 0 spiro atoms. The van der Waals surface area contributed by atoms with Gasteiger partial charge in [0.1, 0.15) is 0 Å². The Morgan fingerprint density at radius 1 is 1.33 bits per heavy atom. The molecule has 1 aromatic carbocycles. The van der Waals surface area contributed by atoms with Crippen molar-refractivity contribution in [1.29, 1.82) is 0 Å². The van der Waals surface area contributed by atoms with Crippen molar-refractivity contribution < 1.29 is 13.2 Å². The summed E-state index contributed by atoms with van der Waals surface area (Å²) in [6, 6.07) is 6.14. The van der Waals surface area contributed by atoms with Crippen molar-refractivity contribution >= 4 is 15.9 Å². The van der Waals surface area contributed by atoms with Crippen molar-refractivity contribution in [2.24, 2.45) is 11.1 Å². The molecular weight excluding hydrogens is 254 g/mol. The molecule has 1 aromatic rings. The molecule has 0 atom stereocenters. The Bertz CT molecular complexity index is 535. The molecule has 0 unspecified atom stereocenters. The van der Waals surface area contributed by atoms with Crippen LogP contribution in [0.1, 0.15) is 5.56 Å². The van der Waals surface area contributed by atoms with Gasteiger partial charge in [0.15, 0.2) is 0 Å². The topological polar surface area (TPSA) is 101 Å². The third-order valence-electron chi connectivity index (χ3n) is 2.87. The number of nitrogens with two attached hydrogens (primary N) is 1. The molecule has 1 aliphatic rings. The number of nitrogens with one attached hydrogen (secondary N) is 2. The number of hydrogen-bond donors (Lipinski definition) is 3. The van der Waals surface area contributed by atoms with Crippen molar-refractivity contribution in [2.75, 3.05) is 13.1 Å². The van der Waals surface area contributed by atoms with E-state index in [4.69, 9.17) is 5.14 Å². The van der Waals surface area contributed by atoms with Crippen molar-refractivity contribution in [3.05, 3.63) is 29.8 Å². The molecule has 0 aliphatic carbocycles. The Hall–Kier alpha value is -1.44. The number of rotatable bonds is 4. The minimum Gasteiger partial charge on any atom is -0.352 e. The highest BCUT2D eigenvalue weighted by molar-refractivity contribution is 7.89. The zero-order valence-corrected chi connectivity index (χ0v) is 10.5. The molecule has 0 saturated carbocycles. The van der Waals surface area contributed by atoms with Crippen LogP contribution in [0.15, 0.2) is 29.2 Å². The molecule has 0 bridgehead atoms. The highest BCUT2D eigenvalue weighted by atomic mass is 32.2. The summed E-state index contributed by atoms with van der Waals surface area (Å²) in [7, 11) is -3.65. The van der Waals surface area contributed by atoms with Gasteiger partial charge in [0, 0.05) is 19.6 Å². The molecule has 2 rings (SSSR count). The number of sulfonamides is 1. The largest absolute Gasteiger partial charge is 0.352 e. The van der Waals surface area contributed by atoms with Gasteiger partial charge >= 0.3 is 0 Å². The third-order valence-corrected chi connectivity index (χ3v) is 3.80. The normalized spacial score (nSPS) is 16.1. The predicted octanol–water partition coefficient (Wildman–Crippen LogP) is -0.830. The molecule has 0 aromatic heterocycles. The molecule has 1 fully saturated rings. The Kier molecular flexibility index (Phi) is 3.65. The van der Waals surface area contributed by atoms with Gasteiger partial charge in [0.2, 0.25) is 15.9 Å². The second-order valence-corrected chi connectivity index (χ2v) is 5.82. The van der Waals surface area contributed by atoms with E-state index >= 15 is 0 Å². The van der Waals surface area contributed by atoms with Gasteiger partial charge < -0.3 is 10.6 Å². The number of carbonyl (C=O) groups is 1. The first-order valence-corrected chi connectivity index (χ1v) is 7.11. The quantitative estimate of drug-likeness (QED) is 0.664. The molecular formula is C11H15N3O3S. The van der Waals surface area contributed by atoms with Crippen molar-refractivity contribution in [1.82, 2.24) is 10.6 Å². The lowest BCUT2D eigenvalue weighted by Crippen LogP contribution is -2.50. The maximum atomic E-state index is 11.6. The Labute approximate surface area is 106 Å². The lowest BCUT2D eigenvalue weighted by Gasteiger charge is -2.25. The number of benzene rings is 1. The van der Waals surface area contributed by atoms with E-state index in [0.29, 0.717) is 6.54 Å². The van der Waals surface area contributed by atoms with E-state index in [0.717, 1.165) is 18.7 Å². The molecule has 1 saturated heterocycles.